The van der Waals surface area contributed by atoms with Crippen molar-refractivity contribution in [2.45, 2.75) is 51.7 Å². The number of nitrogens with one attached hydrogen (secondary N) is 1. The molecule has 0 spiro atoms. The molecule has 0 aromatic carbocycles. The normalized spacial score (nSPS) is 30.0. The van der Waals surface area contributed by atoms with Crippen molar-refractivity contribution < 1.29 is 4.74 Å². The van der Waals surface area contributed by atoms with Crippen LogP contribution in [-0.4, -0.2) is 25.3 Å². The van der Waals surface area contributed by atoms with Crippen LogP contribution in [0.5, 0.6) is 0 Å². The first-order chi connectivity index (χ1) is 6.16. The van der Waals surface area contributed by atoms with Gasteiger partial charge in [-0.3, -0.25) is 0 Å². The largest absolute Gasteiger partial charge is 0.372 e. The number of ether oxygens (including phenoxy) is 1. The molecule has 2 rings (SSSR count). The van der Waals surface area contributed by atoms with Gasteiger partial charge in [-0.15, -0.1) is 0 Å². The molecule has 1 aliphatic heterocycles. The molecule has 0 aromatic rings. The van der Waals surface area contributed by atoms with E-state index in [0.717, 1.165) is 13.1 Å². The predicted octanol–water partition coefficient (Wildman–Crippen LogP) is 1.94. The standard InChI is InChI=1S/C11H21NO/c1-11(2)5-3-9(4-6-11)13-10-7-12-8-10/h9-10,12H,3-8H2,1-2H3. The Kier molecular flexibility index (Phi) is 2.61. The summed E-state index contributed by atoms with van der Waals surface area (Å²) < 4.78 is 5.96. The second-order valence-electron chi connectivity index (χ2n) is 5.28. The molecule has 76 valence electrons. The molecule has 0 atom stereocenters. The van der Waals surface area contributed by atoms with Gasteiger partial charge in [0.2, 0.25) is 0 Å². The molecule has 13 heavy (non-hydrogen) atoms. The smallest absolute Gasteiger partial charge is 0.0827 e. The van der Waals surface area contributed by atoms with Crippen molar-refractivity contribution in [2.75, 3.05) is 13.1 Å². The predicted molar refractivity (Wildman–Crippen MR) is 53.8 cm³/mol. The van der Waals surface area contributed by atoms with Crippen molar-refractivity contribution in [1.29, 1.82) is 0 Å². The Bertz CT molecular complexity index is 165. The Morgan fingerprint density at radius 1 is 1.08 bits per heavy atom. The summed E-state index contributed by atoms with van der Waals surface area (Å²) in [5.41, 5.74) is 0.567. The molecule has 2 heteroatoms. The van der Waals surface area contributed by atoms with Crippen LogP contribution in [0.3, 0.4) is 0 Å². The van der Waals surface area contributed by atoms with Crippen molar-refractivity contribution in [3.05, 3.63) is 0 Å². The maximum absolute atomic E-state index is 5.96. The molecule has 1 heterocycles. The van der Waals surface area contributed by atoms with Gasteiger partial charge in [0.1, 0.15) is 0 Å². The second kappa shape index (κ2) is 3.58. The molecular formula is C11H21NO. The monoisotopic (exact) mass is 183 g/mol. The van der Waals surface area contributed by atoms with E-state index in [1.54, 1.807) is 0 Å². The first-order valence-corrected chi connectivity index (χ1v) is 5.52. The number of hydrogen-bond donors (Lipinski definition) is 1. The van der Waals surface area contributed by atoms with Gasteiger partial charge < -0.3 is 10.1 Å². The molecule has 0 unspecified atom stereocenters. The lowest BCUT2D eigenvalue weighted by Gasteiger charge is -2.38. The van der Waals surface area contributed by atoms with Gasteiger partial charge in [-0.25, -0.2) is 0 Å². The van der Waals surface area contributed by atoms with Gasteiger partial charge in [-0.2, -0.15) is 0 Å². The SMILES string of the molecule is CC1(C)CCC(OC2CNC2)CC1. The molecule has 2 fully saturated rings. The molecule has 1 aliphatic carbocycles. The van der Waals surface area contributed by atoms with Crippen LogP contribution in [0, 0.1) is 5.41 Å². The van der Waals surface area contributed by atoms with E-state index in [1.807, 2.05) is 0 Å². The fourth-order valence-electron chi connectivity index (χ4n) is 2.14. The quantitative estimate of drug-likeness (QED) is 0.706. The summed E-state index contributed by atoms with van der Waals surface area (Å²) in [7, 11) is 0. The van der Waals surface area contributed by atoms with Crippen LogP contribution in [0.2, 0.25) is 0 Å². The van der Waals surface area contributed by atoms with Crippen LogP contribution in [-0.2, 0) is 4.74 Å². The van der Waals surface area contributed by atoms with Gasteiger partial charge in [0.25, 0.3) is 0 Å². The van der Waals surface area contributed by atoms with Gasteiger partial charge in [0.05, 0.1) is 12.2 Å². The first-order valence-electron chi connectivity index (χ1n) is 5.52. The van der Waals surface area contributed by atoms with E-state index in [9.17, 15) is 0 Å². The lowest BCUT2D eigenvalue weighted by molar-refractivity contribution is -0.0644. The number of hydrogen-bond acceptors (Lipinski definition) is 2. The summed E-state index contributed by atoms with van der Waals surface area (Å²) in [6.45, 7) is 6.88. The maximum Gasteiger partial charge on any atom is 0.0827 e. The molecule has 0 radical (unpaired) electrons. The average Bonchev–Trinajstić information content (AvgIpc) is 1.99. The summed E-state index contributed by atoms with van der Waals surface area (Å²) >= 11 is 0. The lowest BCUT2D eigenvalue weighted by Crippen LogP contribution is -2.50. The summed E-state index contributed by atoms with van der Waals surface area (Å²) in [6.07, 6.45) is 6.27. The van der Waals surface area contributed by atoms with Gasteiger partial charge in [-0.1, -0.05) is 13.8 Å². The van der Waals surface area contributed by atoms with Crippen molar-refractivity contribution in [3.8, 4) is 0 Å². The highest BCUT2D eigenvalue weighted by atomic mass is 16.5. The van der Waals surface area contributed by atoms with Crippen molar-refractivity contribution in [2.24, 2.45) is 5.41 Å². The first kappa shape index (κ1) is 9.47. The molecule has 0 amide bonds. The molecule has 2 aliphatic rings. The van der Waals surface area contributed by atoms with Gasteiger partial charge in [0, 0.05) is 13.1 Å². The highest BCUT2D eigenvalue weighted by molar-refractivity contribution is 4.82. The molecule has 1 saturated carbocycles. The topological polar surface area (TPSA) is 21.3 Å². The molecule has 1 N–H and O–H groups in total. The average molecular weight is 183 g/mol. The zero-order chi connectivity index (χ0) is 9.31. The van der Waals surface area contributed by atoms with E-state index in [1.165, 1.54) is 25.7 Å². The third-order valence-electron chi connectivity index (χ3n) is 3.42. The highest BCUT2D eigenvalue weighted by Gasteiger charge is 2.29. The summed E-state index contributed by atoms with van der Waals surface area (Å²) in [5, 5.41) is 3.24. The van der Waals surface area contributed by atoms with E-state index in [-0.39, 0.29) is 0 Å². The highest BCUT2D eigenvalue weighted by Crippen LogP contribution is 2.36. The molecule has 0 aromatic heterocycles. The zero-order valence-corrected chi connectivity index (χ0v) is 8.81. The Hall–Kier alpha value is -0.0800. The zero-order valence-electron chi connectivity index (χ0n) is 8.81. The Balaban J connectivity index is 1.71. The van der Waals surface area contributed by atoms with Crippen LogP contribution in [0.25, 0.3) is 0 Å². The fourth-order valence-corrected chi connectivity index (χ4v) is 2.14. The minimum Gasteiger partial charge on any atom is -0.372 e. The van der Waals surface area contributed by atoms with Crippen molar-refractivity contribution in [1.82, 2.24) is 5.32 Å². The van der Waals surface area contributed by atoms with Crippen LogP contribution >= 0.6 is 0 Å². The van der Waals surface area contributed by atoms with Gasteiger partial charge >= 0.3 is 0 Å². The fraction of sp³-hybridized carbons (Fsp3) is 1.00. The molecule has 2 nitrogen and oxygen atoms in total. The molecule has 0 bridgehead atoms. The molecule has 1 saturated heterocycles. The summed E-state index contributed by atoms with van der Waals surface area (Å²) in [5.74, 6) is 0. The van der Waals surface area contributed by atoms with Crippen LogP contribution in [0.15, 0.2) is 0 Å². The van der Waals surface area contributed by atoms with E-state index in [0.29, 0.717) is 17.6 Å². The third-order valence-corrected chi connectivity index (χ3v) is 3.42. The van der Waals surface area contributed by atoms with E-state index in [2.05, 4.69) is 19.2 Å². The summed E-state index contributed by atoms with van der Waals surface area (Å²) in [4.78, 5) is 0. The second-order valence-corrected chi connectivity index (χ2v) is 5.28. The Morgan fingerprint density at radius 3 is 2.15 bits per heavy atom. The van der Waals surface area contributed by atoms with E-state index >= 15 is 0 Å². The van der Waals surface area contributed by atoms with Gasteiger partial charge in [-0.05, 0) is 31.1 Å². The van der Waals surface area contributed by atoms with Crippen molar-refractivity contribution in [3.63, 3.8) is 0 Å². The minimum absolute atomic E-state index is 0.520. The van der Waals surface area contributed by atoms with Crippen LogP contribution < -0.4 is 5.32 Å². The van der Waals surface area contributed by atoms with Gasteiger partial charge in [0.15, 0.2) is 0 Å². The maximum atomic E-state index is 5.96. The lowest BCUT2D eigenvalue weighted by atomic mass is 9.76. The Labute approximate surface area is 81.0 Å². The Morgan fingerprint density at radius 2 is 1.69 bits per heavy atom. The molecular weight excluding hydrogens is 162 g/mol. The number of rotatable bonds is 2. The van der Waals surface area contributed by atoms with Crippen LogP contribution in [0.4, 0.5) is 0 Å². The minimum atomic E-state index is 0.520. The summed E-state index contributed by atoms with van der Waals surface area (Å²) in [6, 6.07) is 0. The van der Waals surface area contributed by atoms with Crippen LogP contribution in [0.1, 0.15) is 39.5 Å². The van der Waals surface area contributed by atoms with Crippen molar-refractivity contribution >= 4 is 0 Å². The third kappa shape index (κ3) is 2.44. The van der Waals surface area contributed by atoms with E-state index < -0.39 is 0 Å². The van der Waals surface area contributed by atoms with E-state index in [4.69, 9.17) is 4.74 Å².